The molecule has 0 aliphatic rings. The SMILES string of the molecule is C[C@@H](NC(=O)C[NH3+])C(=O)[O-]. The van der Waals surface area contributed by atoms with Gasteiger partial charge in [0.15, 0.2) is 6.54 Å². The number of carbonyl (C=O) groups excluding carboxylic acids is 2. The van der Waals surface area contributed by atoms with Crippen LogP contribution in [0.5, 0.6) is 0 Å². The van der Waals surface area contributed by atoms with Crippen LogP contribution < -0.4 is 16.2 Å². The van der Waals surface area contributed by atoms with Crippen molar-refractivity contribution in [1.29, 1.82) is 0 Å². The first-order valence-corrected chi connectivity index (χ1v) is 2.87. The average Bonchev–Trinajstić information content (AvgIpc) is 1.87. The number of carbonyl (C=O) groups is 2. The molecule has 0 aromatic heterocycles. The first kappa shape index (κ1) is 8.90. The van der Waals surface area contributed by atoms with Crippen molar-refractivity contribution in [2.45, 2.75) is 13.0 Å². The van der Waals surface area contributed by atoms with Gasteiger partial charge in [-0.25, -0.2) is 0 Å². The zero-order valence-corrected chi connectivity index (χ0v) is 5.72. The first-order valence-electron chi connectivity index (χ1n) is 2.87. The fourth-order valence-electron chi connectivity index (χ4n) is 0.373. The Morgan fingerprint density at radius 3 is 2.50 bits per heavy atom. The van der Waals surface area contributed by atoms with E-state index in [1.165, 1.54) is 6.92 Å². The van der Waals surface area contributed by atoms with Crippen molar-refractivity contribution in [2.24, 2.45) is 0 Å². The van der Waals surface area contributed by atoms with Crippen molar-refractivity contribution in [3.05, 3.63) is 0 Å². The van der Waals surface area contributed by atoms with Gasteiger partial charge in [0.2, 0.25) is 0 Å². The molecule has 5 nitrogen and oxygen atoms in total. The topological polar surface area (TPSA) is 96.9 Å². The zero-order chi connectivity index (χ0) is 8.15. The smallest absolute Gasteiger partial charge is 0.275 e. The van der Waals surface area contributed by atoms with Crippen LogP contribution in [-0.2, 0) is 9.59 Å². The molecular weight excluding hydrogens is 136 g/mol. The van der Waals surface area contributed by atoms with Crippen molar-refractivity contribution < 1.29 is 20.4 Å². The quantitative estimate of drug-likeness (QED) is 0.432. The zero-order valence-electron chi connectivity index (χ0n) is 5.72. The summed E-state index contributed by atoms with van der Waals surface area (Å²) in [5.74, 6) is -1.68. The molecule has 0 fully saturated rings. The molecule has 4 N–H and O–H groups in total. The number of rotatable bonds is 3. The highest BCUT2D eigenvalue weighted by Gasteiger charge is 2.05. The minimum Gasteiger partial charge on any atom is -0.548 e. The maximum Gasteiger partial charge on any atom is 0.275 e. The van der Waals surface area contributed by atoms with Gasteiger partial charge in [-0.05, 0) is 6.92 Å². The molecule has 0 bridgehead atoms. The van der Waals surface area contributed by atoms with Gasteiger partial charge in [-0.2, -0.15) is 0 Å². The Morgan fingerprint density at radius 2 is 2.20 bits per heavy atom. The molecular formula is C5H10N2O3. The molecule has 1 atom stereocenters. The number of carboxylic acid groups (broad SMARTS) is 1. The van der Waals surface area contributed by atoms with E-state index in [4.69, 9.17) is 0 Å². The van der Waals surface area contributed by atoms with Crippen molar-refractivity contribution in [3.8, 4) is 0 Å². The van der Waals surface area contributed by atoms with E-state index < -0.39 is 17.9 Å². The lowest BCUT2D eigenvalue weighted by Crippen LogP contribution is -2.59. The fourth-order valence-corrected chi connectivity index (χ4v) is 0.373. The molecule has 5 heteroatoms. The molecule has 0 saturated carbocycles. The summed E-state index contributed by atoms with van der Waals surface area (Å²) in [6, 6.07) is -0.936. The number of amides is 1. The molecule has 1 amide bonds. The largest absolute Gasteiger partial charge is 0.548 e. The summed E-state index contributed by atoms with van der Waals surface area (Å²) in [6.07, 6.45) is 0. The molecule has 0 heterocycles. The van der Waals surface area contributed by atoms with Crippen LogP contribution >= 0.6 is 0 Å². The lowest BCUT2D eigenvalue weighted by molar-refractivity contribution is -0.355. The summed E-state index contributed by atoms with van der Waals surface area (Å²) in [6.45, 7) is 1.38. The summed E-state index contributed by atoms with van der Waals surface area (Å²) in [5, 5.41) is 12.2. The Morgan fingerprint density at radius 1 is 1.70 bits per heavy atom. The third-order valence-electron chi connectivity index (χ3n) is 0.958. The molecule has 0 aliphatic heterocycles. The first-order chi connectivity index (χ1) is 4.57. The molecule has 0 unspecified atom stereocenters. The predicted octanol–water partition coefficient (Wildman–Crippen LogP) is -3.52. The Labute approximate surface area is 58.2 Å². The molecule has 0 aromatic carbocycles. The Bertz CT molecular complexity index is 146. The third-order valence-corrected chi connectivity index (χ3v) is 0.958. The maximum atomic E-state index is 10.5. The molecule has 0 spiro atoms. The van der Waals surface area contributed by atoms with Gasteiger partial charge in [0.05, 0.1) is 12.0 Å². The number of carboxylic acids is 1. The van der Waals surface area contributed by atoms with Crippen LogP contribution in [-0.4, -0.2) is 24.5 Å². The van der Waals surface area contributed by atoms with E-state index in [1.54, 1.807) is 0 Å². The molecule has 10 heavy (non-hydrogen) atoms. The van der Waals surface area contributed by atoms with E-state index in [9.17, 15) is 14.7 Å². The minimum atomic E-state index is -1.29. The molecule has 58 valence electrons. The van der Waals surface area contributed by atoms with Crippen molar-refractivity contribution in [1.82, 2.24) is 5.32 Å². The summed E-state index contributed by atoms with van der Waals surface area (Å²) in [4.78, 5) is 20.5. The Hall–Kier alpha value is -1.10. The summed E-state index contributed by atoms with van der Waals surface area (Å²) < 4.78 is 0. The predicted molar refractivity (Wildman–Crippen MR) is 30.4 cm³/mol. The van der Waals surface area contributed by atoms with Crippen LogP contribution in [0.4, 0.5) is 0 Å². The highest BCUT2D eigenvalue weighted by atomic mass is 16.4. The number of nitrogens with one attached hydrogen (secondary N) is 1. The minimum absolute atomic E-state index is 0.0393. The van der Waals surface area contributed by atoms with Crippen molar-refractivity contribution in [3.63, 3.8) is 0 Å². The monoisotopic (exact) mass is 146 g/mol. The molecule has 0 rings (SSSR count). The summed E-state index contributed by atoms with van der Waals surface area (Å²) in [5.41, 5.74) is 3.27. The highest BCUT2D eigenvalue weighted by molar-refractivity contribution is 5.82. The van der Waals surface area contributed by atoms with E-state index in [-0.39, 0.29) is 6.54 Å². The van der Waals surface area contributed by atoms with Crippen LogP contribution in [0.2, 0.25) is 0 Å². The number of hydrogen-bond donors (Lipinski definition) is 2. The number of aliphatic carboxylic acids is 1. The molecule has 0 radical (unpaired) electrons. The number of quaternary nitrogens is 1. The van der Waals surface area contributed by atoms with E-state index in [0.717, 1.165) is 0 Å². The maximum absolute atomic E-state index is 10.5. The van der Waals surface area contributed by atoms with Gasteiger partial charge in [0.25, 0.3) is 5.91 Å². The molecule has 0 aliphatic carbocycles. The van der Waals surface area contributed by atoms with Crippen molar-refractivity contribution in [2.75, 3.05) is 6.54 Å². The standard InChI is InChI=1S/C5H10N2O3/c1-3(5(9)10)7-4(8)2-6/h3H,2,6H2,1H3,(H,7,8)(H,9,10)/t3-/m1/s1. The van der Waals surface area contributed by atoms with Crippen LogP contribution in [0, 0.1) is 0 Å². The summed E-state index contributed by atoms with van der Waals surface area (Å²) in [7, 11) is 0. The van der Waals surface area contributed by atoms with Crippen LogP contribution in [0.15, 0.2) is 0 Å². The van der Waals surface area contributed by atoms with Gasteiger partial charge in [0, 0.05) is 0 Å². The normalized spacial score (nSPS) is 12.2. The lowest BCUT2D eigenvalue weighted by atomic mass is 10.3. The summed E-state index contributed by atoms with van der Waals surface area (Å²) >= 11 is 0. The van der Waals surface area contributed by atoms with Gasteiger partial charge in [-0.1, -0.05) is 0 Å². The van der Waals surface area contributed by atoms with E-state index in [1.807, 2.05) is 0 Å². The highest BCUT2D eigenvalue weighted by Crippen LogP contribution is 1.75. The van der Waals surface area contributed by atoms with Crippen LogP contribution in [0.1, 0.15) is 6.92 Å². The van der Waals surface area contributed by atoms with E-state index >= 15 is 0 Å². The van der Waals surface area contributed by atoms with Crippen LogP contribution in [0.3, 0.4) is 0 Å². The third kappa shape index (κ3) is 3.03. The Balaban J connectivity index is 3.68. The number of hydrogen-bond acceptors (Lipinski definition) is 3. The van der Waals surface area contributed by atoms with E-state index in [0.29, 0.717) is 0 Å². The molecule has 0 saturated heterocycles. The molecule has 0 aromatic rings. The Kier molecular flexibility index (Phi) is 3.42. The van der Waals surface area contributed by atoms with Gasteiger partial charge < -0.3 is 21.0 Å². The fraction of sp³-hybridized carbons (Fsp3) is 0.600. The van der Waals surface area contributed by atoms with Gasteiger partial charge in [0.1, 0.15) is 0 Å². The van der Waals surface area contributed by atoms with Crippen molar-refractivity contribution >= 4 is 11.9 Å². The van der Waals surface area contributed by atoms with Gasteiger partial charge in [-0.3, -0.25) is 4.79 Å². The van der Waals surface area contributed by atoms with E-state index in [2.05, 4.69) is 11.1 Å². The van der Waals surface area contributed by atoms with Gasteiger partial charge >= 0.3 is 0 Å². The second kappa shape index (κ2) is 3.84. The second-order valence-electron chi connectivity index (χ2n) is 1.86. The average molecular weight is 146 g/mol. The lowest BCUT2D eigenvalue weighted by Gasteiger charge is -2.12. The van der Waals surface area contributed by atoms with Crippen LogP contribution in [0.25, 0.3) is 0 Å². The van der Waals surface area contributed by atoms with Gasteiger partial charge in [-0.15, -0.1) is 0 Å². The second-order valence-corrected chi connectivity index (χ2v) is 1.86.